The Labute approximate surface area is 170 Å². The van der Waals surface area contributed by atoms with E-state index < -0.39 is 28.6 Å². The minimum Gasteiger partial charge on any atom is -0.454 e. The van der Waals surface area contributed by atoms with Gasteiger partial charge < -0.3 is 10.1 Å². The van der Waals surface area contributed by atoms with Crippen molar-refractivity contribution in [3.8, 4) is 0 Å². The molecule has 0 saturated carbocycles. The summed E-state index contributed by atoms with van der Waals surface area (Å²) in [4.78, 5) is 28.2. The first-order chi connectivity index (χ1) is 13.9. The van der Waals surface area contributed by atoms with Gasteiger partial charge in [0.05, 0.1) is 4.90 Å². The van der Waals surface area contributed by atoms with E-state index in [-0.39, 0.29) is 16.6 Å². The highest BCUT2D eigenvalue weighted by Gasteiger charge is 2.31. The van der Waals surface area contributed by atoms with Crippen molar-refractivity contribution < 1.29 is 22.7 Å². The number of amidine groups is 1. The van der Waals surface area contributed by atoms with Crippen LogP contribution in [0.3, 0.4) is 0 Å². The number of esters is 1. The van der Waals surface area contributed by atoms with Crippen LogP contribution in [0.5, 0.6) is 0 Å². The molecule has 2 aliphatic rings. The molecular formula is C20H25N3O5S. The van der Waals surface area contributed by atoms with Crippen LogP contribution in [0.2, 0.25) is 0 Å². The molecule has 1 aromatic carbocycles. The Morgan fingerprint density at radius 3 is 2.83 bits per heavy atom. The monoisotopic (exact) mass is 419 g/mol. The summed E-state index contributed by atoms with van der Waals surface area (Å²) in [5.41, 5.74) is 1.76. The van der Waals surface area contributed by atoms with Crippen LogP contribution in [0.4, 0.5) is 0 Å². The van der Waals surface area contributed by atoms with Gasteiger partial charge in [-0.1, -0.05) is 23.8 Å². The Morgan fingerprint density at radius 1 is 1.28 bits per heavy atom. The van der Waals surface area contributed by atoms with Gasteiger partial charge in [0.25, 0.3) is 15.9 Å². The number of carbonyl (C=O) groups excluding carboxylic acids is 2. The number of nitrogens with one attached hydrogen (secondary N) is 2. The number of carbonyl (C=O) groups is 2. The molecule has 1 amide bonds. The van der Waals surface area contributed by atoms with E-state index in [0.29, 0.717) is 12.1 Å². The van der Waals surface area contributed by atoms with E-state index in [0.717, 1.165) is 19.3 Å². The van der Waals surface area contributed by atoms with Gasteiger partial charge >= 0.3 is 5.97 Å². The van der Waals surface area contributed by atoms with Crippen molar-refractivity contribution in [1.29, 1.82) is 0 Å². The summed E-state index contributed by atoms with van der Waals surface area (Å²) in [6.45, 7) is 1.60. The quantitative estimate of drug-likeness (QED) is 0.515. The van der Waals surface area contributed by atoms with Crippen LogP contribution < -0.4 is 10.0 Å². The molecule has 9 heteroatoms. The van der Waals surface area contributed by atoms with E-state index in [9.17, 15) is 18.0 Å². The Bertz CT molecular complexity index is 953. The average molecular weight is 420 g/mol. The van der Waals surface area contributed by atoms with Gasteiger partial charge in [0.2, 0.25) is 0 Å². The third kappa shape index (κ3) is 5.44. The number of allylic oxidation sites excluding steroid dienone is 1. The third-order valence-electron chi connectivity index (χ3n) is 4.83. The molecule has 156 valence electrons. The van der Waals surface area contributed by atoms with Crippen LogP contribution in [0.25, 0.3) is 0 Å². The Balaban J connectivity index is 1.48. The molecule has 0 saturated heterocycles. The van der Waals surface area contributed by atoms with E-state index in [1.165, 1.54) is 31.4 Å². The number of rotatable bonds is 7. The number of nitrogens with zero attached hydrogens (tertiary/aromatic N) is 1. The third-order valence-corrected chi connectivity index (χ3v) is 6.22. The Kier molecular flexibility index (Phi) is 6.68. The van der Waals surface area contributed by atoms with Gasteiger partial charge in [0.1, 0.15) is 11.9 Å². The fraction of sp³-hybridized carbons (Fsp3) is 0.450. The van der Waals surface area contributed by atoms with Gasteiger partial charge in [-0.25, -0.2) is 13.2 Å². The first kappa shape index (κ1) is 21.0. The molecule has 3 rings (SSSR count). The maximum absolute atomic E-state index is 12.1. The fourth-order valence-electron chi connectivity index (χ4n) is 3.28. The summed E-state index contributed by atoms with van der Waals surface area (Å²) in [7, 11) is -3.67. The lowest BCUT2D eigenvalue weighted by Gasteiger charge is -2.13. The molecule has 1 heterocycles. The molecule has 0 fully saturated rings. The summed E-state index contributed by atoms with van der Waals surface area (Å²) >= 11 is 0. The van der Waals surface area contributed by atoms with Gasteiger partial charge in [0.15, 0.2) is 6.61 Å². The van der Waals surface area contributed by atoms with Crippen LogP contribution in [0.1, 0.15) is 44.6 Å². The van der Waals surface area contributed by atoms with Crippen molar-refractivity contribution in [3.05, 3.63) is 41.5 Å². The molecule has 1 aliphatic carbocycles. The van der Waals surface area contributed by atoms with Gasteiger partial charge in [-0.05, 0) is 51.2 Å². The molecule has 0 unspecified atom stereocenters. The maximum Gasteiger partial charge on any atom is 0.331 e. The number of amides is 1. The van der Waals surface area contributed by atoms with Crippen LogP contribution in [0, 0.1) is 0 Å². The van der Waals surface area contributed by atoms with Crippen molar-refractivity contribution >= 4 is 27.7 Å². The van der Waals surface area contributed by atoms with E-state index in [2.05, 4.69) is 21.1 Å². The predicted molar refractivity (Wildman–Crippen MR) is 108 cm³/mol. The standard InChI is InChI=1S/C20H25N3O5S/c1-14(22-19-16-9-5-6-10-17(16)29(26,27)23-19)20(25)28-13-18(24)21-12-11-15-7-3-2-4-8-15/h5-7,9-10,14H,2-4,8,11-13H2,1H3,(H,21,24)(H,22,23)/t14-/m0/s1. The first-order valence-corrected chi connectivity index (χ1v) is 11.2. The van der Waals surface area contributed by atoms with Crippen LogP contribution in [-0.4, -0.2) is 45.3 Å². The number of hydrogen-bond donors (Lipinski definition) is 2. The van der Waals surface area contributed by atoms with E-state index >= 15 is 0 Å². The summed E-state index contributed by atoms with van der Waals surface area (Å²) in [5.74, 6) is -0.983. The van der Waals surface area contributed by atoms with Gasteiger partial charge in [-0.15, -0.1) is 0 Å². The van der Waals surface area contributed by atoms with Crippen LogP contribution in [-0.2, 0) is 24.3 Å². The van der Waals surface area contributed by atoms with Crippen LogP contribution in [0.15, 0.2) is 45.8 Å². The second-order valence-electron chi connectivity index (χ2n) is 7.07. The zero-order valence-corrected chi connectivity index (χ0v) is 17.1. The fourth-order valence-corrected chi connectivity index (χ4v) is 4.52. The Hall–Kier alpha value is -2.68. The largest absolute Gasteiger partial charge is 0.454 e. The topological polar surface area (TPSA) is 114 Å². The molecular weight excluding hydrogens is 394 g/mol. The predicted octanol–water partition coefficient (Wildman–Crippen LogP) is 1.66. The molecule has 0 aromatic heterocycles. The zero-order chi connectivity index (χ0) is 20.9. The molecule has 8 nitrogen and oxygen atoms in total. The normalized spacial score (nSPS) is 19.6. The molecule has 1 aliphatic heterocycles. The van der Waals surface area contributed by atoms with Crippen molar-refractivity contribution in [2.24, 2.45) is 4.99 Å². The van der Waals surface area contributed by atoms with E-state index in [1.54, 1.807) is 18.2 Å². The highest BCUT2D eigenvalue weighted by atomic mass is 32.2. The molecule has 1 atom stereocenters. The highest BCUT2D eigenvalue weighted by molar-refractivity contribution is 7.90. The second-order valence-corrected chi connectivity index (χ2v) is 8.72. The average Bonchev–Trinajstić information content (AvgIpc) is 2.97. The zero-order valence-electron chi connectivity index (χ0n) is 16.3. The van der Waals surface area contributed by atoms with Gasteiger partial charge in [-0.3, -0.25) is 14.5 Å². The Morgan fingerprint density at radius 2 is 2.07 bits per heavy atom. The lowest BCUT2D eigenvalue weighted by molar-refractivity contribution is -0.149. The highest BCUT2D eigenvalue weighted by Crippen LogP contribution is 2.22. The second kappa shape index (κ2) is 9.21. The van der Waals surface area contributed by atoms with Gasteiger partial charge in [-0.2, -0.15) is 0 Å². The summed E-state index contributed by atoms with van der Waals surface area (Å²) < 4.78 is 31.5. The van der Waals surface area contributed by atoms with Crippen molar-refractivity contribution in [2.45, 2.75) is 50.0 Å². The number of sulfonamides is 1. The number of benzene rings is 1. The molecule has 0 spiro atoms. The first-order valence-electron chi connectivity index (χ1n) is 9.68. The molecule has 0 bridgehead atoms. The molecule has 29 heavy (non-hydrogen) atoms. The van der Waals surface area contributed by atoms with E-state index in [4.69, 9.17) is 4.74 Å². The number of fused-ring (bicyclic) bond motifs is 1. The number of ether oxygens (including phenoxy) is 1. The summed E-state index contributed by atoms with van der Waals surface area (Å²) in [6.07, 6.45) is 7.63. The minimum atomic E-state index is -3.67. The van der Waals surface area contributed by atoms with E-state index in [1.807, 2.05) is 0 Å². The summed E-state index contributed by atoms with van der Waals surface area (Å²) in [6, 6.07) is 5.42. The summed E-state index contributed by atoms with van der Waals surface area (Å²) in [5, 5.41) is 2.74. The van der Waals surface area contributed by atoms with Crippen molar-refractivity contribution in [1.82, 2.24) is 10.0 Å². The molecule has 2 N–H and O–H groups in total. The van der Waals surface area contributed by atoms with Crippen LogP contribution >= 0.6 is 0 Å². The van der Waals surface area contributed by atoms with Crippen molar-refractivity contribution in [3.63, 3.8) is 0 Å². The number of hydrogen-bond acceptors (Lipinski definition) is 6. The van der Waals surface area contributed by atoms with Gasteiger partial charge in [0, 0.05) is 12.1 Å². The smallest absolute Gasteiger partial charge is 0.331 e. The lowest BCUT2D eigenvalue weighted by Crippen LogP contribution is -2.32. The lowest BCUT2D eigenvalue weighted by atomic mass is 9.97. The molecule has 1 aromatic rings. The maximum atomic E-state index is 12.1. The SMILES string of the molecule is C[C@H](N=C1NS(=O)(=O)c2ccccc21)C(=O)OCC(=O)NCCC1=CCCCC1. The number of aliphatic imine (C=N–C) groups is 1. The van der Waals surface area contributed by atoms with Crippen molar-refractivity contribution in [2.75, 3.05) is 13.2 Å². The molecule has 0 radical (unpaired) electrons. The minimum absolute atomic E-state index is 0.0928.